The second-order valence-corrected chi connectivity index (χ2v) is 9.67. The SMILES string of the molecule is Cc1sc(Br)cc1S(=O)(=O)Nc1c(Br)cccc1Br. The van der Waals surface area contributed by atoms with E-state index in [0.29, 0.717) is 14.6 Å². The number of hydrogen-bond acceptors (Lipinski definition) is 3. The number of rotatable bonds is 3. The Labute approximate surface area is 140 Å². The molecule has 0 aliphatic carbocycles. The maximum atomic E-state index is 12.4. The zero-order chi connectivity index (χ0) is 14.2. The Morgan fingerprint density at radius 3 is 2.21 bits per heavy atom. The van der Waals surface area contributed by atoms with Gasteiger partial charge in [-0.25, -0.2) is 8.42 Å². The monoisotopic (exact) mass is 487 g/mol. The van der Waals surface area contributed by atoms with Crippen molar-refractivity contribution in [2.45, 2.75) is 11.8 Å². The number of para-hydroxylation sites is 1. The first kappa shape index (κ1) is 15.5. The number of nitrogens with one attached hydrogen (secondary N) is 1. The Morgan fingerprint density at radius 2 is 1.74 bits per heavy atom. The summed E-state index contributed by atoms with van der Waals surface area (Å²) in [5.41, 5.74) is 0.490. The fraction of sp³-hybridized carbons (Fsp3) is 0.0909. The molecule has 2 aromatic rings. The Hall–Kier alpha value is 0.110. The lowest BCUT2D eigenvalue weighted by molar-refractivity contribution is 0.601. The van der Waals surface area contributed by atoms with Crippen LogP contribution >= 0.6 is 59.1 Å². The largest absolute Gasteiger partial charge is 0.277 e. The number of sulfonamides is 1. The van der Waals surface area contributed by atoms with Crippen molar-refractivity contribution in [3.8, 4) is 0 Å². The minimum absolute atomic E-state index is 0.284. The maximum Gasteiger partial charge on any atom is 0.263 e. The molecule has 0 aliphatic rings. The molecule has 0 radical (unpaired) electrons. The molecule has 0 atom stereocenters. The van der Waals surface area contributed by atoms with E-state index in [2.05, 4.69) is 52.5 Å². The van der Waals surface area contributed by atoms with Gasteiger partial charge < -0.3 is 0 Å². The van der Waals surface area contributed by atoms with Crippen LogP contribution in [0.4, 0.5) is 5.69 Å². The number of thiophene rings is 1. The summed E-state index contributed by atoms with van der Waals surface area (Å²) in [5, 5.41) is 0. The van der Waals surface area contributed by atoms with Gasteiger partial charge in [0.25, 0.3) is 10.0 Å². The van der Waals surface area contributed by atoms with Crippen LogP contribution in [0.5, 0.6) is 0 Å². The third kappa shape index (κ3) is 3.41. The third-order valence-electron chi connectivity index (χ3n) is 2.33. The predicted molar refractivity (Wildman–Crippen MR) is 89.4 cm³/mol. The molecule has 0 bridgehead atoms. The van der Waals surface area contributed by atoms with E-state index in [1.807, 2.05) is 6.07 Å². The molecule has 1 aromatic heterocycles. The Balaban J connectivity index is 2.45. The van der Waals surface area contributed by atoms with Gasteiger partial charge in [0.2, 0.25) is 0 Å². The molecule has 3 nitrogen and oxygen atoms in total. The molecular weight excluding hydrogens is 482 g/mol. The van der Waals surface area contributed by atoms with Gasteiger partial charge in [-0.05, 0) is 72.9 Å². The summed E-state index contributed by atoms with van der Waals surface area (Å²) < 4.78 is 29.5. The highest BCUT2D eigenvalue weighted by atomic mass is 79.9. The zero-order valence-electron chi connectivity index (χ0n) is 9.58. The van der Waals surface area contributed by atoms with Crippen molar-refractivity contribution in [1.29, 1.82) is 0 Å². The summed E-state index contributed by atoms with van der Waals surface area (Å²) in [5.74, 6) is 0. The molecule has 0 spiro atoms. The van der Waals surface area contributed by atoms with Gasteiger partial charge in [-0.3, -0.25) is 4.72 Å². The molecule has 0 aliphatic heterocycles. The summed E-state index contributed by atoms with van der Waals surface area (Å²) in [7, 11) is -3.60. The van der Waals surface area contributed by atoms with Gasteiger partial charge in [-0.15, -0.1) is 11.3 Å². The first-order valence-electron chi connectivity index (χ1n) is 5.04. The van der Waals surface area contributed by atoms with Gasteiger partial charge in [0.1, 0.15) is 4.90 Å². The quantitative estimate of drug-likeness (QED) is 0.648. The highest BCUT2D eigenvalue weighted by molar-refractivity contribution is 9.11. The smallest absolute Gasteiger partial charge is 0.263 e. The standard InChI is InChI=1S/C11H8Br3NO2S2/c1-6-9(5-10(14)18-6)19(16,17)15-11-7(12)3-2-4-8(11)13/h2-5,15H,1H3. The first-order valence-corrected chi connectivity index (χ1v) is 9.72. The van der Waals surface area contributed by atoms with Crippen LogP contribution in [-0.4, -0.2) is 8.42 Å². The second-order valence-electron chi connectivity index (χ2n) is 3.67. The van der Waals surface area contributed by atoms with Gasteiger partial charge in [0, 0.05) is 13.8 Å². The fourth-order valence-corrected chi connectivity index (χ4v) is 6.46. The van der Waals surface area contributed by atoms with E-state index in [1.54, 1.807) is 25.1 Å². The van der Waals surface area contributed by atoms with E-state index in [4.69, 9.17) is 0 Å². The molecule has 0 fully saturated rings. The van der Waals surface area contributed by atoms with Crippen molar-refractivity contribution in [3.63, 3.8) is 0 Å². The van der Waals surface area contributed by atoms with Gasteiger partial charge >= 0.3 is 0 Å². The van der Waals surface area contributed by atoms with Gasteiger partial charge in [0.15, 0.2) is 0 Å². The van der Waals surface area contributed by atoms with Crippen LogP contribution in [-0.2, 0) is 10.0 Å². The second kappa shape index (κ2) is 5.85. The van der Waals surface area contributed by atoms with Crippen LogP contribution < -0.4 is 4.72 Å². The number of aryl methyl sites for hydroxylation is 1. The number of benzene rings is 1. The highest BCUT2D eigenvalue weighted by Crippen LogP contribution is 2.35. The van der Waals surface area contributed by atoms with Crippen molar-refractivity contribution in [2.75, 3.05) is 4.72 Å². The Kier molecular flexibility index (Phi) is 4.77. The van der Waals surface area contributed by atoms with E-state index >= 15 is 0 Å². The molecule has 8 heteroatoms. The van der Waals surface area contributed by atoms with Crippen LogP contribution in [0.25, 0.3) is 0 Å². The van der Waals surface area contributed by atoms with Crippen molar-refractivity contribution in [2.24, 2.45) is 0 Å². The number of hydrogen-bond donors (Lipinski definition) is 1. The predicted octanol–water partition coefficient (Wildman–Crippen LogP) is 5.14. The Bertz CT molecular complexity index is 705. The van der Waals surface area contributed by atoms with E-state index in [1.165, 1.54) is 11.3 Å². The number of anilines is 1. The zero-order valence-corrected chi connectivity index (χ0v) is 16.0. The molecule has 2 rings (SSSR count). The molecule has 0 saturated heterocycles. The van der Waals surface area contributed by atoms with Gasteiger partial charge in [-0.2, -0.15) is 0 Å². The van der Waals surface area contributed by atoms with Gasteiger partial charge in [-0.1, -0.05) is 6.07 Å². The number of halogens is 3. The molecule has 1 N–H and O–H groups in total. The van der Waals surface area contributed by atoms with Crippen LogP contribution in [0.1, 0.15) is 4.88 Å². The molecular formula is C11H8Br3NO2S2. The lowest BCUT2D eigenvalue weighted by Crippen LogP contribution is -2.13. The normalized spacial score (nSPS) is 11.6. The molecule has 1 aromatic carbocycles. The van der Waals surface area contributed by atoms with E-state index in [-0.39, 0.29) is 4.90 Å². The van der Waals surface area contributed by atoms with Crippen LogP contribution in [0.3, 0.4) is 0 Å². The molecule has 1 heterocycles. The van der Waals surface area contributed by atoms with E-state index < -0.39 is 10.0 Å². The molecule has 102 valence electrons. The van der Waals surface area contributed by atoms with Crippen molar-refractivity contribution >= 4 is 74.8 Å². The fourth-order valence-electron chi connectivity index (χ4n) is 1.48. The highest BCUT2D eigenvalue weighted by Gasteiger charge is 2.21. The van der Waals surface area contributed by atoms with Crippen LogP contribution in [0, 0.1) is 6.92 Å². The first-order chi connectivity index (χ1) is 8.81. The van der Waals surface area contributed by atoms with Crippen LogP contribution in [0.2, 0.25) is 0 Å². The summed E-state index contributed by atoms with van der Waals surface area (Å²) in [6.07, 6.45) is 0. The minimum Gasteiger partial charge on any atom is -0.277 e. The lowest BCUT2D eigenvalue weighted by Gasteiger charge is -2.11. The van der Waals surface area contributed by atoms with Gasteiger partial charge in [0.05, 0.1) is 9.47 Å². The summed E-state index contributed by atoms with van der Waals surface area (Å²) in [6.45, 7) is 1.78. The Morgan fingerprint density at radius 1 is 1.16 bits per heavy atom. The van der Waals surface area contributed by atoms with Crippen molar-refractivity contribution in [1.82, 2.24) is 0 Å². The van der Waals surface area contributed by atoms with E-state index in [0.717, 1.165) is 8.66 Å². The minimum atomic E-state index is -3.60. The van der Waals surface area contributed by atoms with E-state index in [9.17, 15) is 8.42 Å². The van der Waals surface area contributed by atoms with Crippen molar-refractivity contribution < 1.29 is 8.42 Å². The molecule has 0 saturated carbocycles. The summed E-state index contributed by atoms with van der Waals surface area (Å²) in [4.78, 5) is 1.02. The summed E-state index contributed by atoms with van der Waals surface area (Å²) in [6, 6.07) is 6.98. The molecule has 19 heavy (non-hydrogen) atoms. The summed E-state index contributed by atoms with van der Waals surface area (Å²) >= 11 is 11.4. The molecule has 0 amide bonds. The van der Waals surface area contributed by atoms with Crippen molar-refractivity contribution in [3.05, 3.63) is 41.9 Å². The average Bonchev–Trinajstić information content (AvgIpc) is 2.64. The third-order valence-corrected chi connectivity index (χ3v) is 6.81. The van der Waals surface area contributed by atoms with Crippen LogP contribution in [0.15, 0.2) is 41.9 Å². The maximum absolute atomic E-state index is 12.4. The topological polar surface area (TPSA) is 46.2 Å². The lowest BCUT2D eigenvalue weighted by atomic mass is 10.3. The average molecular weight is 490 g/mol. The molecule has 0 unspecified atom stereocenters.